The maximum absolute atomic E-state index is 14.2. The van der Waals surface area contributed by atoms with Crippen LogP contribution in [0, 0.1) is 23.0 Å². The molecule has 0 fully saturated rings. The Hall–Kier alpha value is -2.49. The van der Waals surface area contributed by atoms with Crippen LogP contribution in [-0.2, 0) is 11.3 Å². The van der Waals surface area contributed by atoms with Crippen LogP contribution in [0.15, 0.2) is 36.4 Å². The number of likely N-dealkylation sites (N-methyl/N-ethyl adjacent to an activating group) is 1. The number of halogens is 3. The van der Waals surface area contributed by atoms with Crippen molar-refractivity contribution in [3.63, 3.8) is 0 Å². The lowest BCUT2D eigenvalue weighted by Crippen LogP contribution is -2.42. The molecule has 0 saturated heterocycles. The summed E-state index contributed by atoms with van der Waals surface area (Å²) in [5, 5.41) is 12.5. The Balaban J connectivity index is 2.46. The Morgan fingerprint density at radius 2 is 2.07 bits per heavy atom. The van der Waals surface area contributed by atoms with Crippen LogP contribution in [0.4, 0.5) is 14.5 Å². The molecule has 0 aliphatic carbocycles. The topological polar surface area (TPSA) is 56.1 Å². The third kappa shape index (κ3) is 5.49. The summed E-state index contributed by atoms with van der Waals surface area (Å²) in [6.07, 6.45) is 0.990. The predicted molar refractivity (Wildman–Crippen MR) is 102 cm³/mol. The van der Waals surface area contributed by atoms with E-state index in [1.165, 1.54) is 0 Å². The van der Waals surface area contributed by atoms with Crippen LogP contribution in [0.2, 0.25) is 5.02 Å². The monoisotopic (exact) mass is 391 g/mol. The molecule has 0 unspecified atom stereocenters. The molecule has 0 saturated carbocycles. The van der Waals surface area contributed by atoms with Gasteiger partial charge in [-0.15, -0.1) is 0 Å². The van der Waals surface area contributed by atoms with Crippen molar-refractivity contribution in [3.05, 3.63) is 64.2 Å². The van der Waals surface area contributed by atoms with Crippen molar-refractivity contribution in [2.75, 3.05) is 18.0 Å². The molecule has 1 N–H and O–H groups in total. The fourth-order valence-corrected chi connectivity index (χ4v) is 3.01. The minimum Gasteiger partial charge on any atom is -0.362 e. The highest BCUT2D eigenvalue weighted by molar-refractivity contribution is 6.32. The first-order valence-electron chi connectivity index (χ1n) is 8.54. The highest BCUT2D eigenvalue weighted by atomic mass is 35.5. The number of carbonyl (C=O) groups excluding carboxylic acids is 1. The number of nitrogens with zero attached hydrogens (tertiary/aromatic N) is 2. The van der Waals surface area contributed by atoms with E-state index in [4.69, 9.17) is 16.9 Å². The second kappa shape index (κ2) is 10.0. The van der Waals surface area contributed by atoms with Crippen LogP contribution >= 0.6 is 11.6 Å². The van der Waals surface area contributed by atoms with Gasteiger partial charge in [0.15, 0.2) is 0 Å². The number of benzene rings is 2. The molecule has 0 heterocycles. The lowest BCUT2D eigenvalue weighted by atomic mass is 10.1. The number of nitriles is 1. The fourth-order valence-electron chi connectivity index (χ4n) is 2.80. The number of carbonyl (C=O) groups is 1. The predicted octanol–water partition coefficient (Wildman–Crippen LogP) is 4.06. The molecule has 142 valence electrons. The largest absolute Gasteiger partial charge is 0.362 e. The summed E-state index contributed by atoms with van der Waals surface area (Å²) in [7, 11) is 0. The summed E-state index contributed by atoms with van der Waals surface area (Å²) < 4.78 is 27.8. The average Bonchev–Trinajstić information content (AvgIpc) is 2.66. The van der Waals surface area contributed by atoms with Gasteiger partial charge in [0.1, 0.15) is 24.0 Å². The van der Waals surface area contributed by atoms with Crippen LogP contribution in [0.3, 0.4) is 0 Å². The maximum Gasteiger partial charge on any atom is 0.128 e. The minimum atomic E-state index is -0.539. The first-order chi connectivity index (χ1) is 13.0. The zero-order valence-electron chi connectivity index (χ0n) is 14.9. The highest BCUT2D eigenvalue weighted by Gasteiger charge is 2.21. The van der Waals surface area contributed by atoms with E-state index in [9.17, 15) is 13.6 Å². The summed E-state index contributed by atoms with van der Waals surface area (Å²) in [4.78, 5) is 13.0. The summed E-state index contributed by atoms with van der Waals surface area (Å²) in [5.41, 5.74) is 1.10. The molecule has 0 amide bonds. The van der Waals surface area contributed by atoms with Crippen molar-refractivity contribution >= 4 is 23.6 Å². The van der Waals surface area contributed by atoms with Crippen molar-refractivity contribution < 1.29 is 13.6 Å². The van der Waals surface area contributed by atoms with Gasteiger partial charge in [0.25, 0.3) is 0 Å². The molecule has 1 atom stereocenters. The number of hydrogen-bond donors (Lipinski definition) is 1. The minimum absolute atomic E-state index is 0.0513. The normalized spacial score (nSPS) is 11.7. The number of nitrogens with one attached hydrogen (secondary N) is 1. The lowest BCUT2D eigenvalue weighted by molar-refractivity contribution is -0.108. The van der Waals surface area contributed by atoms with E-state index in [0.717, 1.165) is 24.5 Å². The molecule has 2 rings (SSSR count). The Morgan fingerprint density at radius 3 is 2.70 bits per heavy atom. The number of aldehydes is 1. The van der Waals surface area contributed by atoms with Gasteiger partial charge >= 0.3 is 0 Å². The van der Waals surface area contributed by atoms with E-state index in [1.807, 2.05) is 13.0 Å². The van der Waals surface area contributed by atoms with E-state index in [0.29, 0.717) is 24.3 Å². The third-order valence-corrected chi connectivity index (χ3v) is 4.50. The van der Waals surface area contributed by atoms with Crippen LogP contribution in [0.1, 0.15) is 24.5 Å². The van der Waals surface area contributed by atoms with E-state index in [-0.39, 0.29) is 29.6 Å². The number of anilines is 1. The van der Waals surface area contributed by atoms with Gasteiger partial charge in [0, 0.05) is 36.8 Å². The fraction of sp³-hybridized carbons (Fsp3) is 0.300. The molecule has 0 radical (unpaired) electrons. The highest BCUT2D eigenvalue weighted by Crippen LogP contribution is 2.27. The standard InChI is InChI=1S/C20H20ClF2N3O/c1-2-25-12-18(7-8-27)26(13-15-9-16(22)4-6-20(15)23)17-5-3-14(11-24)19(21)10-17/h3-6,8-10,18,25H,2,7,12-13H2,1H3/t18-/m0/s1. The lowest BCUT2D eigenvalue weighted by Gasteiger charge is -2.33. The number of rotatable bonds is 9. The van der Waals surface area contributed by atoms with Crippen LogP contribution in [0.5, 0.6) is 0 Å². The Bertz CT molecular complexity index is 838. The van der Waals surface area contributed by atoms with E-state index in [1.54, 1.807) is 23.1 Å². The molecular formula is C20H20ClF2N3O. The number of hydrogen-bond acceptors (Lipinski definition) is 4. The first-order valence-corrected chi connectivity index (χ1v) is 8.92. The van der Waals surface area contributed by atoms with Gasteiger partial charge in [0.2, 0.25) is 0 Å². The van der Waals surface area contributed by atoms with Gasteiger partial charge in [-0.3, -0.25) is 0 Å². The summed E-state index contributed by atoms with van der Waals surface area (Å²) in [5.74, 6) is -1.07. The Labute approximate surface area is 162 Å². The van der Waals surface area contributed by atoms with Crippen molar-refractivity contribution in [2.24, 2.45) is 0 Å². The van der Waals surface area contributed by atoms with E-state index < -0.39 is 11.6 Å². The molecule has 0 aliphatic heterocycles. The second-order valence-corrected chi connectivity index (χ2v) is 6.41. The molecule has 7 heteroatoms. The molecule has 0 aliphatic rings. The van der Waals surface area contributed by atoms with Crippen molar-refractivity contribution in [1.82, 2.24) is 5.32 Å². The smallest absolute Gasteiger partial charge is 0.128 e. The van der Waals surface area contributed by atoms with Crippen molar-refractivity contribution in [2.45, 2.75) is 25.9 Å². The van der Waals surface area contributed by atoms with E-state index in [2.05, 4.69) is 5.32 Å². The average molecular weight is 392 g/mol. The molecule has 2 aromatic carbocycles. The van der Waals surface area contributed by atoms with Gasteiger partial charge in [-0.2, -0.15) is 5.26 Å². The van der Waals surface area contributed by atoms with Crippen LogP contribution in [0.25, 0.3) is 0 Å². The Morgan fingerprint density at radius 1 is 1.30 bits per heavy atom. The van der Waals surface area contributed by atoms with Crippen LogP contribution in [-0.4, -0.2) is 25.4 Å². The first kappa shape index (κ1) is 20.8. The SMILES string of the molecule is CCNC[C@H](CC=O)N(Cc1cc(F)ccc1F)c1ccc(C#N)c(Cl)c1. The van der Waals surface area contributed by atoms with Crippen LogP contribution < -0.4 is 10.2 Å². The Kier molecular flexibility index (Phi) is 7.71. The van der Waals surface area contributed by atoms with Gasteiger partial charge in [-0.25, -0.2) is 8.78 Å². The molecular weight excluding hydrogens is 372 g/mol. The quantitative estimate of drug-likeness (QED) is 0.655. The summed E-state index contributed by atoms with van der Waals surface area (Å²) in [6, 6.07) is 9.82. The van der Waals surface area contributed by atoms with Gasteiger partial charge in [-0.05, 0) is 42.9 Å². The molecule has 0 spiro atoms. The summed E-state index contributed by atoms with van der Waals surface area (Å²) >= 11 is 6.15. The molecule has 27 heavy (non-hydrogen) atoms. The van der Waals surface area contributed by atoms with Gasteiger partial charge in [0.05, 0.1) is 10.6 Å². The summed E-state index contributed by atoms with van der Waals surface area (Å²) in [6.45, 7) is 3.16. The molecule has 0 bridgehead atoms. The zero-order chi connectivity index (χ0) is 19.8. The molecule has 2 aromatic rings. The van der Waals surface area contributed by atoms with Gasteiger partial charge in [-0.1, -0.05) is 18.5 Å². The molecule has 0 aromatic heterocycles. The zero-order valence-corrected chi connectivity index (χ0v) is 15.6. The second-order valence-electron chi connectivity index (χ2n) is 6.00. The third-order valence-electron chi connectivity index (χ3n) is 4.19. The van der Waals surface area contributed by atoms with Gasteiger partial charge < -0.3 is 15.0 Å². The van der Waals surface area contributed by atoms with E-state index >= 15 is 0 Å². The van der Waals surface area contributed by atoms with Crippen molar-refractivity contribution in [3.8, 4) is 6.07 Å². The van der Waals surface area contributed by atoms with Crippen molar-refractivity contribution in [1.29, 1.82) is 5.26 Å². The molecule has 4 nitrogen and oxygen atoms in total. The maximum atomic E-state index is 14.2.